The van der Waals surface area contributed by atoms with Crippen molar-refractivity contribution in [3.63, 3.8) is 0 Å². The molecule has 0 aliphatic rings. The van der Waals surface area contributed by atoms with Gasteiger partial charge in [-0.05, 0) is 42.0 Å². The fourth-order valence-electron chi connectivity index (χ4n) is 2.58. The van der Waals surface area contributed by atoms with Crippen LogP contribution in [0.4, 0.5) is 0 Å². The highest BCUT2D eigenvalue weighted by molar-refractivity contribution is 9.10. The Balaban J connectivity index is 2.17. The van der Waals surface area contributed by atoms with Crippen LogP contribution in [-0.2, 0) is 19.6 Å². The maximum atomic E-state index is 12.7. The summed E-state index contributed by atoms with van der Waals surface area (Å²) in [6, 6.07) is 13.8. The topological polar surface area (TPSA) is 125 Å². The number of nitrogens with zero attached hydrogens (tertiary/aromatic N) is 1. The SMILES string of the molecule is COC(=O)CC(NC(=O)c1ccc(S(=O)(=O)NCCC#N)cc1)c1cccc(Br)c1. The van der Waals surface area contributed by atoms with E-state index in [0.29, 0.717) is 5.56 Å². The van der Waals surface area contributed by atoms with Gasteiger partial charge in [-0.1, -0.05) is 28.1 Å². The van der Waals surface area contributed by atoms with Crippen molar-refractivity contribution < 1.29 is 22.7 Å². The van der Waals surface area contributed by atoms with Gasteiger partial charge in [0.05, 0.1) is 30.5 Å². The number of nitriles is 1. The lowest BCUT2D eigenvalue weighted by Gasteiger charge is -2.19. The Morgan fingerprint density at radius 3 is 2.50 bits per heavy atom. The van der Waals surface area contributed by atoms with Gasteiger partial charge < -0.3 is 10.1 Å². The molecular formula is C20H20BrN3O5S. The maximum absolute atomic E-state index is 12.7. The Morgan fingerprint density at radius 1 is 1.20 bits per heavy atom. The minimum Gasteiger partial charge on any atom is -0.469 e. The molecule has 2 rings (SSSR count). The van der Waals surface area contributed by atoms with E-state index < -0.39 is 27.9 Å². The van der Waals surface area contributed by atoms with Gasteiger partial charge >= 0.3 is 5.97 Å². The highest BCUT2D eigenvalue weighted by Gasteiger charge is 2.21. The number of sulfonamides is 1. The number of carbonyl (C=O) groups is 2. The first-order chi connectivity index (χ1) is 14.3. The molecule has 158 valence electrons. The number of esters is 1. The molecule has 10 heteroatoms. The van der Waals surface area contributed by atoms with Crippen LogP contribution in [0.15, 0.2) is 57.9 Å². The summed E-state index contributed by atoms with van der Waals surface area (Å²) in [5.74, 6) is -0.949. The predicted octanol–water partition coefficient (Wildman–Crippen LogP) is 2.68. The normalized spacial score (nSPS) is 11.9. The fraction of sp³-hybridized carbons (Fsp3) is 0.250. The summed E-state index contributed by atoms with van der Waals surface area (Å²) in [4.78, 5) is 24.4. The second-order valence-corrected chi connectivity index (χ2v) is 8.87. The summed E-state index contributed by atoms with van der Waals surface area (Å²) in [7, 11) is -2.49. The molecular weight excluding hydrogens is 474 g/mol. The van der Waals surface area contributed by atoms with Gasteiger partial charge in [0.1, 0.15) is 0 Å². The van der Waals surface area contributed by atoms with Crippen LogP contribution in [0, 0.1) is 11.3 Å². The maximum Gasteiger partial charge on any atom is 0.307 e. The van der Waals surface area contributed by atoms with Gasteiger partial charge in [-0.25, -0.2) is 13.1 Å². The molecule has 0 aromatic heterocycles. The number of hydrogen-bond acceptors (Lipinski definition) is 6. The van der Waals surface area contributed by atoms with Crippen LogP contribution in [0.1, 0.15) is 34.8 Å². The summed E-state index contributed by atoms with van der Waals surface area (Å²) in [5, 5.41) is 11.3. The van der Waals surface area contributed by atoms with Crippen LogP contribution in [0.5, 0.6) is 0 Å². The van der Waals surface area contributed by atoms with E-state index in [1.54, 1.807) is 18.2 Å². The van der Waals surface area contributed by atoms with Crippen molar-refractivity contribution in [3.8, 4) is 6.07 Å². The summed E-state index contributed by atoms with van der Waals surface area (Å²) >= 11 is 3.36. The molecule has 2 N–H and O–H groups in total. The highest BCUT2D eigenvalue weighted by atomic mass is 79.9. The molecule has 1 amide bonds. The Labute approximate surface area is 183 Å². The van der Waals surface area contributed by atoms with E-state index in [1.165, 1.54) is 31.4 Å². The third-order valence-electron chi connectivity index (χ3n) is 4.11. The van der Waals surface area contributed by atoms with Crippen LogP contribution < -0.4 is 10.0 Å². The molecule has 8 nitrogen and oxygen atoms in total. The van der Waals surface area contributed by atoms with E-state index in [0.717, 1.165) is 4.47 Å². The molecule has 0 saturated carbocycles. The monoisotopic (exact) mass is 493 g/mol. The molecule has 0 radical (unpaired) electrons. The predicted molar refractivity (Wildman–Crippen MR) is 113 cm³/mol. The highest BCUT2D eigenvalue weighted by Crippen LogP contribution is 2.22. The Bertz CT molecular complexity index is 1050. The number of nitrogens with one attached hydrogen (secondary N) is 2. The molecule has 0 aliphatic carbocycles. The zero-order valence-electron chi connectivity index (χ0n) is 16.1. The molecule has 0 saturated heterocycles. The zero-order valence-corrected chi connectivity index (χ0v) is 18.5. The van der Waals surface area contributed by atoms with Crippen LogP contribution in [0.25, 0.3) is 0 Å². The van der Waals surface area contributed by atoms with Crippen molar-refractivity contribution >= 4 is 37.8 Å². The van der Waals surface area contributed by atoms with Crippen molar-refractivity contribution in [1.29, 1.82) is 5.26 Å². The summed E-state index contributed by atoms with van der Waals surface area (Å²) < 4.78 is 32.1. The number of hydrogen-bond donors (Lipinski definition) is 2. The first-order valence-electron chi connectivity index (χ1n) is 8.86. The van der Waals surface area contributed by atoms with E-state index in [2.05, 4.69) is 26.0 Å². The van der Waals surface area contributed by atoms with Gasteiger partial charge in [-0.15, -0.1) is 0 Å². The number of methoxy groups -OCH3 is 1. The first kappa shape index (κ1) is 23.5. The standard InChI is InChI=1S/C20H20BrN3O5S/c1-29-19(25)13-18(15-4-2-5-16(21)12-15)24-20(26)14-6-8-17(9-7-14)30(27,28)23-11-3-10-22/h2,4-9,12,18,23H,3,11,13H2,1H3,(H,24,26). The average molecular weight is 494 g/mol. The van der Waals surface area contributed by atoms with Crippen LogP contribution in [0.2, 0.25) is 0 Å². The Hall–Kier alpha value is -2.74. The molecule has 2 aromatic carbocycles. The van der Waals surface area contributed by atoms with E-state index >= 15 is 0 Å². The van der Waals surface area contributed by atoms with Gasteiger partial charge in [-0.2, -0.15) is 5.26 Å². The van der Waals surface area contributed by atoms with Gasteiger partial charge in [0.25, 0.3) is 5.91 Å². The van der Waals surface area contributed by atoms with Crippen LogP contribution >= 0.6 is 15.9 Å². The average Bonchev–Trinajstić information content (AvgIpc) is 2.73. The lowest BCUT2D eigenvalue weighted by molar-refractivity contribution is -0.141. The molecule has 0 spiro atoms. The molecule has 2 aromatic rings. The van der Waals surface area contributed by atoms with Crippen molar-refractivity contribution in [2.24, 2.45) is 0 Å². The fourth-order valence-corrected chi connectivity index (χ4v) is 4.03. The number of rotatable bonds is 9. The van der Waals surface area contributed by atoms with E-state index in [-0.39, 0.29) is 29.8 Å². The van der Waals surface area contributed by atoms with E-state index in [1.807, 2.05) is 12.1 Å². The number of carbonyl (C=O) groups excluding carboxylic acids is 2. The van der Waals surface area contributed by atoms with Crippen molar-refractivity contribution in [1.82, 2.24) is 10.0 Å². The zero-order chi connectivity index (χ0) is 22.1. The first-order valence-corrected chi connectivity index (χ1v) is 11.1. The molecule has 30 heavy (non-hydrogen) atoms. The van der Waals surface area contributed by atoms with E-state index in [9.17, 15) is 18.0 Å². The summed E-state index contributed by atoms with van der Waals surface area (Å²) in [6.45, 7) is 0.00289. The number of benzene rings is 2. The van der Waals surface area contributed by atoms with Gasteiger partial charge in [0.15, 0.2) is 0 Å². The third kappa shape index (κ3) is 6.66. The molecule has 0 aliphatic heterocycles. The Morgan fingerprint density at radius 2 is 1.90 bits per heavy atom. The minimum absolute atomic E-state index is 0.00289. The summed E-state index contributed by atoms with van der Waals surface area (Å²) in [6.07, 6.45) is -0.00906. The minimum atomic E-state index is -3.76. The molecule has 0 bridgehead atoms. The molecule has 1 unspecified atom stereocenters. The van der Waals surface area contributed by atoms with Crippen LogP contribution in [0.3, 0.4) is 0 Å². The second kappa shape index (κ2) is 10.9. The number of ether oxygens (including phenoxy) is 1. The smallest absolute Gasteiger partial charge is 0.307 e. The van der Waals surface area contributed by atoms with Crippen LogP contribution in [-0.4, -0.2) is 33.9 Å². The third-order valence-corrected chi connectivity index (χ3v) is 6.08. The second-order valence-electron chi connectivity index (χ2n) is 6.19. The van der Waals surface area contributed by atoms with Gasteiger partial charge in [0, 0.05) is 23.0 Å². The van der Waals surface area contributed by atoms with Gasteiger partial charge in [-0.3, -0.25) is 9.59 Å². The van der Waals surface area contributed by atoms with E-state index in [4.69, 9.17) is 10.00 Å². The molecule has 0 fully saturated rings. The quantitative estimate of drug-likeness (QED) is 0.408. The Kier molecular flexibility index (Phi) is 8.53. The molecule has 1 atom stereocenters. The van der Waals surface area contributed by atoms with Crippen molar-refractivity contribution in [2.75, 3.05) is 13.7 Å². The van der Waals surface area contributed by atoms with Crippen molar-refractivity contribution in [3.05, 3.63) is 64.1 Å². The summed E-state index contributed by atoms with van der Waals surface area (Å²) in [5.41, 5.74) is 0.944. The lowest BCUT2D eigenvalue weighted by Crippen LogP contribution is -2.30. The van der Waals surface area contributed by atoms with Crippen molar-refractivity contribution in [2.45, 2.75) is 23.8 Å². The largest absolute Gasteiger partial charge is 0.469 e. The number of halogens is 1. The lowest BCUT2D eigenvalue weighted by atomic mass is 10.0. The van der Waals surface area contributed by atoms with Gasteiger partial charge in [0.2, 0.25) is 10.0 Å². The number of amides is 1. The molecule has 0 heterocycles.